The zero-order chi connectivity index (χ0) is 9.84. The van der Waals surface area contributed by atoms with Gasteiger partial charge in [0.05, 0.1) is 12.1 Å². The summed E-state index contributed by atoms with van der Waals surface area (Å²) in [5.41, 5.74) is 5.51. The number of piperidine rings is 1. The second-order valence-electron chi connectivity index (χ2n) is 3.55. The number of nitrogens with zero attached hydrogens (tertiary/aromatic N) is 1. The lowest BCUT2D eigenvalue weighted by Gasteiger charge is -2.32. The van der Waals surface area contributed by atoms with E-state index in [2.05, 4.69) is 0 Å². The average molecular weight is 186 g/mol. The Bertz CT molecular complexity index is 174. The van der Waals surface area contributed by atoms with Crippen LogP contribution in [-0.2, 0) is 9.53 Å². The van der Waals surface area contributed by atoms with Crippen LogP contribution in [0.5, 0.6) is 0 Å². The molecule has 0 unspecified atom stereocenters. The monoisotopic (exact) mass is 186 g/mol. The minimum absolute atomic E-state index is 0.0505. The van der Waals surface area contributed by atoms with Crippen LogP contribution in [0.25, 0.3) is 0 Å². The van der Waals surface area contributed by atoms with Crippen molar-refractivity contribution in [2.24, 2.45) is 5.73 Å². The van der Waals surface area contributed by atoms with Crippen molar-refractivity contribution < 1.29 is 9.53 Å². The lowest BCUT2D eigenvalue weighted by Crippen LogP contribution is -2.47. The highest BCUT2D eigenvalue weighted by Crippen LogP contribution is 2.13. The van der Waals surface area contributed by atoms with E-state index >= 15 is 0 Å². The third-order valence-corrected chi connectivity index (χ3v) is 2.48. The summed E-state index contributed by atoms with van der Waals surface area (Å²) in [4.78, 5) is 13.3. The molecule has 0 aromatic heterocycles. The van der Waals surface area contributed by atoms with Gasteiger partial charge in [0.25, 0.3) is 0 Å². The Kier molecular flexibility index (Phi) is 3.69. The van der Waals surface area contributed by atoms with E-state index in [-0.39, 0.29) is 11.9 Å². The van der Waals surface area contributed by atoms with E-state index in [1.165, 1.54) is 0 Å². The second-order valence-corrected chi connectivity index (χ2v) is 3.55. The molecule has 0 aromatic carbocycles. The SMILES string of the molecule is COC1CCN(C(=O)[C@H](C)N)CC1. The molecule has 76 valence electrons. The van der Waals surface area contributed by atoms with Crippen molar-refractivity contribution in [1.82, 2.24) is 4.90 Å². The highest BCUT2D eigenvalue weighted by molar-refractivity contribution is 5.81. The van der Waals surface area contributed by atoms with Gasteiger partial charge in [0, 0.05) is 20.2 Å². The molecule has 1 saturated heterocycles. The van der Waals surface area contributed by atoms with Crippen molar-refractivity contribution in [1.29, 1.82) is 0 Å². The van der Waals surface area contributed by atoms with Crippen LogP contribution in [0.1, 0.15) is 19.8 Å². The molecule has 4 heteroatoms. The number of likely N-dealkylation sites (tertiary alicyclic amines) is 1. The maximum Gasteiger partial charge on any atom is 0.239 e. The summed E-state index contributed by atoms with van der Waals surface area (Å²) in [5, 5.41) is 0. The molecule has 0 bridgehead atoms. The highest BCUT2D eigenvalue weighted by atomic mass is 16.5. The molecule has 0 aromatic rings. The lowest BCUT2D eigenvalue weighted by atomic mass is 10.1. The van der Waals surface area contributed by atoms with Gasteiger partial charge in [-0.2, -0.15) is 0 Å². The first-order valence-corrected chi connectivity index (χ1v) is 4.72. The zero-order valence-electron chi connectivity index (χ0n) is 8.32. The van der Waals surface area contributed by atoms with Crippen LogP contribution in [-0.4, -0.2) is 43.2 Å². The molecular weight excluding hydrogens is 168 g/mol. The number of hydrogen-bond donors (Lipinski definition) is 1. The third kappa shape index (κ3) is 2.67. The maximum absolute atomic E-state index is 11.5. The summed E-state index contributed by atoms with van der Waals surface area (Å²) < 4.78 is 5.21. The number of carbonyl (C=O) groups excluding carboxylic acids is 1. The Balaban J connectivity index is 2.36. The summed E-state index contributed by atoms with van der Waals surface area (Å²) in [5.74, 6) is 0.0505. The van der Waals surface area contributed by atoms with Crippen molar-refractivity contribution in [3.63, 3.8) is 0 Å². The van der Waals surface area contributed by atoms with Gasteiger partial charge < -0.3 is 15.4 Å². The van der Waals surface area contributed by atoms with Crippen molar-refractivity contribution in [2.75, 3.05) is 20.2 Å². The smallest absolute Gasteiger partial charge is 0.239 e. The van der Waals surface area contributed by atoms with Crippen LogP contribution >= 0.6 is 0 Å². The molecule has 1 amide bonds. The normalized spacial score (nSPS) is 21.6. The number of rotatable bonds is 2. The molecule has 2 N–H and O–H groups in total. The minimum atomic E-state index is -0.376. The summed E-state index contributed by atoms with van der Waals surface area (Å²) >= 11 is 0. The maximum atomic E-state index is 11.5. The van der Waals surface area contributed by atoms with Gasteiger partial charge in [-0.25, -0.2) is 0 Å². The van der Waals surface area contributed by atoms with E-state index in [1.807, 2.05) is 4.90 Å². The van der Waals surface area contributed by atoms with Gasteiger partial charge >= 0.3 is 0 Å². The van der Waals surface area contributed by atoms with Gasteiger partial charge in [0.15, 0.2) is 0 Å². The van der Waals surface area contributed by atoms with Crippen LogP contribution in [0.15, 0.2) is 0 Å². The summed E-state index contributed by atoms with van der Waals surface area (Å²) in [6.45, 7) is 3.28. The Morgan fingerprint density at radius 2 is 2.08 bits per heavy atom. The Hall–Kier alpha value is -0.610. The van der Waals surface area contributed by atoms with E-state index in [1.54, 1.807) is 14.0 Å². The number of amides is 1. The molecule has 0 saturated carbocycles. The largest absolute Gasteiger partial charge is 0.381 e. The van der Waals surface area contributed by atoms with Gasteiger partial charge in [0.2, 0.25) is 5.91 Å². The number of carbonyl (C=O) groups is 1. The second kappa shape index (κ2) is 4.58. The molecule has 1 atom stereocenters. The van der Waals surface area contributed by atoms with E-state index < -0.39 is 0 Å². The molecule has 0 radical (unpaired) electrons. The topological polar surface area (TPSA) is 55.6 Å². The molecule has 13 heavy (non-hydrogen) atoms. The molecule has 4 nitrogen and oxygen atoms in total. The van der Waals surface area contributed by atoms with Crippen LogP contribution in [0.2, 0.25) is 0 Å². The molecule has 1 heterocycles. The molecular formula is C9H18N2O2. The number of ether oxygens (including phenoxy) is 1. The summed E-state index contributed by atoms with van der Waals surface area (Å²) in [6.07, 6.45) is 2.17. The molecule has 0 spiro atoms. The van der Waals surface area contributed by atoms with Gasteiger partial charge in [-0.1, -0.05) is 0 Å². The quantitative estimate of drug-likeness (QED) is 0.659. The van der Waals surface area contributed by atoms with E-state index in [9.17, 15) is 4.79 Å². The van der Waals surface area contributed by atoms with Crippen molar-refractivity contribution in [2.45, 2.75) is 31.9 Å². The summed E-state index contributed by atoms with van der Waals surface area (Å²) in [7, 11) is 1.72. The summed E-state index contributed by atoms with van der Waals surface area (Å²) in [6, 6.07) is -0.376. The predicted molar refractivity (Wildman–Crippen MR) is 50.3 cm³/mol. The van der Waals surface area contributed by atoms with Crippen LogP contribution in [0, 0.1) is 0 Å². The van der Waals surface area contributed by atoms with Gasteiger partial charge in [-0.05, 0) is 19.8 Å². The predicted octanol–water partition coefficient (Wildman–Crippen LogP) is -0.0290. The number of nitrogens with two attached hydrogens (primary N) is 1. The lowest BCUT2D eigenvalue weighted by molar-refractivity contribution is -0.134. The fourth-order valence-electron chi connectivity index (χ4n) is 1.60. The number of methoxy groups -OCH3 is 1. The highest BCUT2D eigenvalue weighted by Gasteiger charge is 2.23. The molecule has 1 aliphatic heterocycles. The molecule has 0 aliphatic carbocycles. The zero-order valence-corrected chi connectivity index (χ0v) is 8.32. The first-order chi connectivity index (χ1) is 6.15. The van der Waals surface area contributed by atoms with Crippen molar-refractivity contribution >= 4 is 5.91 Å². The fraction of sp³-hybridized carbons (Fsp3) is 0.889. The van der Waals surface area contributed by atoms with Crippen molar-refractivity contribution in [3.8, 4) is 0 Å². The third-order valence-electron chi connectivity index (χ3n) is 2.48. The van der Waals surface area contributed by atoms with Gasteiger partial charge in [0.1, 0.15) is 0 Å². The standard InChI is InChI=1S/C9H18N2O2/c1-7(10)9(12)11-5-3-8(13-2)4-6-11/h7-8H,3-6,10H2,1-2H3/t7-/m0/s1. The van der Waals surface area contributed by atoms with E-state index in [0.29, 0.717) is 6.10 Å². The van der Waals surface area contributed by atoms with E-state index in [4.69, 9.17) is 10.5 Å². The fourth-order valence-corrected chi connectivity index (χ4v) is 1.60. The van der Waals surface area contributed by atoms with E-state index in [0.717, 1.165) is 25.9 Å². The molecule has 1 rings (SSSR count). The Labute approximate surface area is 79.0 Å². The Morgan fingerprint density at radius 1 is 1.54 bits per heavy atom. The number of hydrogen-bond acceptors (Lipinski definition) is 3. The van der Waals surface area contributed by atoms with Gasteiger partial charge in [-0.3, -0.25) is 4.79 Å². The first kappa shape index (κ1) is 10.5. The van der Waals surface area contributed by atoms with Crippen LogP contribution in [0.3, 0.4) is 0 Å². The Morgan fingerprint density at radius 3 is 2.46 bits per heavy atom. The van der Waals surface area contributed by atoms with Crippen molar-refractivity contribution in [3.05, 3.63) is 0 Å². The average Bonchev–Trinajstić information content (AvgIpc) is 2.17. The van der Waals surface area contributed by atoms with Crippen LogP contribution < -0.4 is 5.73 Å². The molecule has 1 aliphatic rings. The molecule has 1 fully saturated rings. The minimum Gasteiger partial charge on any atom is -0.381 e. The van der Waals surface area contributed by atoms with Crippen LogP contribution in [0.4, 0.5) is 0 Å². The van der Waals surface area contributed by atoms with Gasteiger partial charge in [-0.15, -0.1) is 0 Å². The first-order valence-electron chi connectivity index (χ1n) is 4.72.